The minimum absolute atomic E-state index is 0. The Bertz CT molecular complexity index is 415. The summed E-state index contributed by atoms with van der Waals surface area (Å²) in [6.45, 7) is 2.11. The van der Waals surface area contributed by atoms with Gasteiger partial charge in [-0.25, -0.2) is 8.42 Å². The summed E-state index contributed by atoms with van der Waals surface area (Å²) in [5.41, 5.74) is 6.10. The maximum absolute atomic E-state index is 11.9. The predicted molar refractivity (Wildman–Crippen MR) is 74.3 cm³/mol. The largest absolute Gasteiger partial charge is 0.399 e. The van der Waals surface area contributed by atoms with Crippen LogP contribution in [0.25, 0.3) is 0 Å². The molecule has 17 heavy (non-hydrogen) atoms. The molecule has 1 aromatic carbocycles. The Morgan fingerprint density at radius 1 is 1.06 bits per heavy atom. The molecule has 0 unspecified atom stereocenters. The van der Waals surface area contributed by atoms with Crippen LogP contribution in [0.15, 0.2) is 29.2 Å². The molecule has 1 aromatic rings. The van der Waals surface area contributed by atoms with Crippen molar-refractivity contribution >= 4 is 27.9 Å². The lowest BCUT2D eigenvalue weighted by molar-refractivity contribution is 0.589. The first-order valence-corrected chi connectivity index (χ1v) is 7.30. The number of rotatable bonds is 6. The van der Waals surface area contributed by atoms with Crippen molar-refractivity contribution in [3.63, 3.8) is 0 Å². The Hall–Kier alpha value is -0.740. The Morgan fingerprint density at radius 2 is 1.65 bits per heavy atom. The number of hydrogen-bond acceptors (Lipinski definition) is 3. The average molecular weight is 278 g/mol. The Kier molecular flexibility index (Phi) is 7.23. The quantitative estimate of drug-likeness (QED) is 0.642. The average Bonchev–Trinajstić information content (AvgIpc) is 2.25. The van der Waals surface area contributed by atoms with Gasteiger partial charge < -0.3 is 5.73 Å². The Labute approximate surface area is 110 Å². The number of nitrogens with two attached hydrogens (primary N) is 1. The Balaban J connectivity index is 0.00000256. The van der Waals surface area contributed by atoms with Crippen molar-refractivity contribution in [3.05, 3.63) is 24.3 Å². The van der Waals surface area contributed by atoms with E-state index in [0.29, 0.717) is 10.6 Å². The van der Waals surface area contributed by atoms with E-state index in [9.17, 15) is 8.42 Å². The summed E-state index contributed by atoms with van der Waals surface area (Å²) in [5, 5.41) is 0. The number of benzene rings is 1. The van der Waals surface area contributed by atoms with E-state index < -0.39 is 9.84 Å². The van der Waals surface area contributed by atoms with E-state index in [1.807, 2.05) is 0 Å². The molecule has 0 bridgehead atoms. The SMILES string of the molecule is CCCCCCS(=O)(=O)c1ccc(N)cc1.Cl. The molecular weight excluding hydrogens is 258 g/mol. The molecular formula is C12H20ClNO2S. The molecule has 2 N–H and O–H groups in total. The zero-order valence-corrected chi connectivity index (χ0v) is 11.7. The minimum atomic E-state index is -3.11. The third-order valence-electron chi connectivity index (χ3n) is 2.51. The van der Waals surface area contributed by atoms with Crippen LogP contribution in [0.2, 0.25) is 0 Å². The van der Waals surface area contributed by atoms with Gasteiger partial charge in [0.15, 0.2) is 9.84 Å². The maximum Gasteiger partial charge on any atom is 0.178 e. The Morgan fingerprint density at radius 3 is 2.18 bits per heavy atom. The molecule has 0 fully saturated rings. The summed E-state index contributed by atoms with van der Waals surface area (Å²) in [7, 11) is -3.11. The van der Waals surface area contributed by atoms with Crippen molar-refractivity contribution in [1.82, 2.24) is 0 Å². The fourth-order valence-corrected chi connectivity index (χ4v) is 2.88. The van der Waals surface area contributed by atoms with Crippen LogP contribution < -0.4 is 5.73 Å². The van der Waals surface area contributed by atoms with Crippen LogP contribution in [0.4, 0.5) is 5.69 Å². The van der Waals surface area contributed by atoms with Crippen LogP contribution in [0.5, 0.6) is 0 Å². The van der Waals surface area contributed by atoms with Crippen LogP contribution >= 0.6 is 12.4 Å². The van der Waals surface area contributed by atoms with Gasteiger partial charge in [0.25, 0.3) is 0 Å². The highest BCUT2D eigenvalue weighted by Crippen LogP contribution is 2.15. The monoisotopic (exact) mass is 277 g/mol. The number of unbranched alkanes of at least 4 members (excludes halogenated alkanes) is 3. The molecule has 1 rings (SSSR count). The van der Waals surface area contributed by atoms with Gasteiger partial charge in [0.2, 0.25) is 0 Å². The van der Waals surface area contributed by atoms with Crippen LogP contribution in [0.1, 0.15) is 32.6 Å². The van der Waals surface area contributed by atoms with Crippen molar-refractivity contribution in [2.45, 2.75) is 37.5 Å². The van der Waals surface area contributed by atoms with Crippen molar-refractivity contribution in [1.29, 1.82) is 0 Å². The normalized spacial score (nSPS) is 10.9. The van der Waals surface area contributed by atoms with Gasteiger partial charge in [-0.15, -0.1) is 12.4 Å². The molecule has 0 spiro atoms. The van der Waals surface area contributed by atoms with E-state index in [1.165, 1.54) is 0 Å². The third kappa shape index (κ3) is 5.41. The molecule has 3 nitrogen and oxygen atoms in total. The highest BCUT2D eigenvalue weighted by Gasteiger charge is 2.13. The molecule has 0 radical (unpaired) electrons. The predicted octanol–water partition coefficient (Wildman–Crippen LogP) is 3.04. The lowest BCUT2D eigenvalue weighted by Gasteiger charge is -2.04. The van der Waals surface area contributed by atoms with Gasteiger partial charge in [0.05, 0.1) is 10.6 Å². The number of anilines is 1. The van der Waals surface area contributed by atoms with Gasteiger partial charge in [-0.05, 0) is 30.7 Å². The molecule has 0 saturated carbocycles. The fraction of sp³-hybridized carbons (Fsp3) is 0.500. The molecule has 0 aliphatic carbocycles. The highest BCUT2D eigenvalue weighted by atomic mass is 35.5. The first-order chi connectivity index (χ1) is 7.56. The van der Waals surface area contributed by atoms with Gasteiger partial charge >= 0.3 is 0 Å². The summed E-state index contributed by atoms with van der Waals surface area (Å²) < 4.78 is 23.7. The molecule has 5 heteroatoms. The highest BCUT2D eigenvalue weighted by molar-refractivity contribution is 7.91. The number of halogens is 1. The van der Waals surface area contributed by atoms with E-state index in [1.54, 1.807) is 24.3 Å². The maximum atomic E-state index is 11.9. The minimum Gasteiger partial charge on any atom is -0.399 e. The van der Waals surface area contributed by atoms with Gasteiger partial charge in [-0.3, -0.25) is 0 Å². The molecule has 0 aliphatic heterocycles. The molecule has 0 heterocycles. The topological polar surface area (TPSA) is 60.2 Å². The lowest BCUT2D eigenvalue weighted by atomic mass is 10.2. The van der Waals surface area contributed by atoms with Crippen LogP contribution in [-0.4, -0.2) is 14.2 Å². The molecule has 0 atom stereocenters. The smallest absolute Gasteiger partial charge is 0.178 e. The molecule has 0 aromatic heterocycles. The van der Waals surface area contributed by atoms with Gasteiger partial charge in [-0.2, -0.15) is 0 Å². The van der Waals surface area contributed by atoms with Gasteiger partial charge in [0, 0.05) is 5.69 Å². The zero-order valence-electron chi connectivity index (χ0n) is 10.1. The molecule has 98 valence electrons. The fourth-order valence-electron chi connectivity index (χ4n) is 1.51. The van der Waals surface area contributed by atoms with Crippen LogP contribution in [-0.2, 0) is 9.84 Å². The third-order valence-corrected chi connectivity index (χ3v) is 4.32. The molecule has 0 amide bonds. The van der Waals surface area contributed by atoms with E-state index in [4.69, 9.17) is 5.73 Å². The number of hydrogen-bond donors (Lipinski definition) is 1. The second kappa shape index (κ2) is 7.56. The number of nitrogen functional groups attached to an aromatic ring is 1. The van der Waals surface area contributed by atoms with E-state index in [-0.39, 0.29) is 18.2 Å². The van der Waals surface area contributed by atoms with E-state index >= 15 is 0 Å². The van der Waals surface area contributed by atoms with E-state index in [2.05, 4.69) is 6.92 Å². The van der Waals surface area contributed by atoms with Crippen LogP contribution in [0.3, 0.4) is 0 Å². The lowest BCUT2D eigenvalue weighted by Crippen LogP contribution is -2.06. The van der Waals surface area contributed by atoms with Crippen molar-refractivity contribution in [2.24, 2.45) is 0 Å². The summed E-state index contributed by atoms with van der Waals surface area (Å²) in [6.07, 6.45) is 3.92. The van der Waals surface area contributed by atoms with Crippen molar-refractivity contribution in [3.8, 4) is 0 Å². The standard InChI is InChI=1S/C12H19NO2S.ClH/c1-2-3-4-5-10-16(14,15)12-8-6-11(13)7-9-12;/h6-9H,2-5,10,13H2,1H3;1H. The second-order valence-electron chi connectivity index (χ2n) is 3.95. The van der Waals surface area contributed by atoms with Crippen molar-refractivity contribution < 1.29 is 8.42 Å². The molecule has 0 aliphatic rings. The van der Waals surface area contributed by atoms with Gasteiger partial charge in [-0.1, -0.05) is 26.2 Å². The first kappa shape index (κ1) is 16.3. The summed E-state index contributed by atoms with van der Waals surface area (Å²) in [5.74, 6) is 0.233. The number of sulfone groups is 1. The first-order valence-electron chi connectivity index (χ1n) is 5.64. The summed E-state index contributed by atoms with van der Waals surface area (Å²) >= 11 is 0. The van der Waals surface area contributed by atoms with E-state index in [0.717, 1.165) is 25.7 Å². The van der Waals surface area contributed by atoms with Crippen molar-refractivity contribution in [2.75, 3.05) is 11.5 Å². The molecule has 0 saturated heterocycles. The zero-order chi connectivity index (χ0) is 12.0. The summed E-state index contributed by atoms with van der Waals surface area (Å²) in [6, 6.07) is 6.40. The van der Waals surface area contributed by atoms with Gasteiger partial charge in [0.1, 0.15) is 0 Å². The second-order valence-corrected chi connectivity index (χ2v) is 6.06. The van der Waals surface area contributed by atoms with Crippen LogP contribution in [0, 0.1) is 0 Å². The summed E-state index contributed by atoms with van der Waals surface area (Å²) in [4.78, 5) is 0.373.